The summed E-state index contributed by atoms with van der Waals surface area (Å²) in [5.41, 5.74) is 1.07. The number of aromatic nitrogens is 3. The Morgan fingerprint density at radius 1 is 1.17 bits per heavy atom. The van der Waals surface area contributed by atoms with Gasteiger partial charge in [-0.15, -0.1) is 0 Å². The lowest BCUT2D eigenvalue weighted by molar-refractivity contribution is -0.121. The maximum Gasteiger partial charge on any atom is 0.335 e. The van der Waals surface area contributed by atoms with Crippen LogP contribution in [-0.4, -0.2) is 64.3 Å². The number of ether oxygens (including phenoxy) is 1. The Bertz CT molecular complexity index is 1050. The van der Waals surface area contributed by atoms with Gasteiger partial charge in [-0.3, -0.25) is 14.3 Å². The van der Waals surface area contributed by atoms with Gasteiger partial charge in [0.1, 0.15) is 12.4 Å². The van der Waals surface area contributed by atoms with E-state index >= 15 is 0 Å². The summed E-state index contributed by atoms with van der Waals surface area (Å²) < 4.78 is 21.4. The van der Waals surface area contributed by atoms with Gasteiger partial charge in [-0.1, -0.05) is 0 Å². The molecule has 1 aliphatic rings. The Balaban J connectivity index is 1.53. The number of morpholine rings is 1. The van der Waals surface area contributed by atoms with Crippen LogP contribution in [0.25, 0.3) is 16.9 Å². The molecule has 1 saturated heterocycles. The highest BCUT2D eigenvalue weighted by Crippen LogP contribution is 2.15. The maximum atomic E-state index is 13.3. The van der Waals surface area contributed by atoms with E-state index in [4.69, 9.17) is 4.74 Å². The van der Waals surface area contributed by atoms with Gasteiger partial charge in [-0.2, -0.15) is 0 Å². The molecule has 0 unspecified atom stereocenters. The van der Waals surface area contributed by atoms with E-state index in [2.05, 4.69) is 15.2 Å². The van der Waals surface area contributed by atoms with Crippen LogP contribution in [0.2, 0.25) is 0 Å². The van der Waals surface area contributed by atoms with E-state index in [1.807, 2.05) is 0 Å². The third-order valence-electron chi connectivity index (χ3n) is 4.93. The van der Waals surface area contributed by atoms with Crippen LogP contribution in [0.4, 0.5) is 4.39 Å². The fraction of sp³-hybridized carbons (Fsp3) is 0.350. The number of carbonyl (C=O) groups excluding carboxylic acids is 1. The second-order valence-electron chi connectivity index (χ2n) is 6.83. The first-order valence-corrected chi connectivity index (χ1v) is 9.52. The molecule has 0 atom stereocenters. The number of nitrogens with zero attached hydrogens (tertiary/aromatic N) is 4. The van der Waals surface area contributed by atoms with Crippen LogP contribution >= 0.6 is 0 Å². The SMILES string of the molecule is O=C(Cn1c(=O)n(-c2ccc(F)cc2)c2ncccc21)NCCN1CCOCC1. The Hall–Kier alpha value is -3.04. The molecule has 1 fully saturated rings. The topological polar surface area (TPSA) is 81.4 Å². The molecule has 0 bridgehead atoms. The Kier molecular flexibility index (Phi) is 5.68. The van der Waals surface area contributed by atoms with Crippen LogP contribution in [0.5, 0.6) is 0 Å². The molecule has 1 aliphatic heterocycles. The minimum atomic E-state index is -0.395. The average molecular weight is 399 g/mol. The summed E-state index contributed by atoms with van der Waals surface area (Å²) in [4.78, 5) is 32.0. The second kappa shape index (κ2) is 8.54. The zero-order valence-electron chi connectivity index (χ0n) is 15.9. The normalized spacial score (nSPS) is 14.9. The number of carbonyl (C=O) groups is 1. The molecular weight excluding hydrogens is 377 g/mol. The van der Waals surface area contributed by atoms with Gasteiger partial charge in [0, 0.05) is 32.4 Å². The number of hydrogen-bond donors (Lipinski definition) is 1. The van der Waals surface area contributed by atoms with Crippen molar-refractivity contribution in [1.29, 1.82) is 0 Å². The lowest BCUT2D eigenvalue weighted by Crippen LogP contribution is -2.42. The number of nitrogens with one attached hydrogen (secondary N) is 1. The summed E-state index contributed by atoms with van der Waals surface area (Å²) in [5.74, 6) is -0.638. The summed E-state index contributed by atoms with van der Waals surface area (Å²) in [6.45, 7) is 4.25. The molecule has 3 heterocycles. The van der Waals surface area contributed by atoms with Crippen LogP contribution in [0, 0.1) is 5.82 Å². The predicted molar refractivity (Wildman–Crippen MR) is 106 cm³/mol. The minimum absolute atomic E-state index is 0.113. The van der Waals surface area contributed by atoms with Crippen molar-refractivity contribution in [3.8, 4) is 5.69 Å². The number of halogens is 1. The zero-order valence-corrected chi connectivity index (χ0v) is 15.9. The van der Waals surface area contributed by atoms with E-state index in [0.717, 1.165) is 19.6 Å². The minimum Gasteiger partial charge on any atom is -0.379 e. The van der Waals surface area contributed by atoms with Gasteiger partial charge in [0.25, 0.3) is 0 Å². The van der Waals surface area contributed by atoms with Crippen molar-refractivity contribution in [2.75, 3.05) is 39.4 Å². The third kappa shape index (κ3) is 4.20. The predicted octanol–water partition coefficient (Wildman–Crippen LogP) is 0.775. The molecule has 0 radical (unpaired) electrons. The van der Waals surface area contributed by atoms with Gasteiger partial charge in [0.15, 0.2) is 5.65 Å². The number of imidazole rings is 1. The first kappa shape index (κ1) is 19.3. The summed E-state index contributed by atoms with van der Waals surface area (Å²) in [6, 6.07) is 9.04. The summed E-state index contributed by atoms with van der Waals surface area (Å²) in [7, 11) is 0. The van der Waals surface area contributed by atoms with Gasteiger partial charge >= 0.3 is 5.69 Å². The summed E-state index contributed by atoms with van der Waals surface area (Å²) in [6.07, 6.45) is 1.58. The Morgan fingerprint density at radius 2 is 1.93 bits per heavy atom. The number of fused-ring (bicyclic) bond motifs is 1. The van der Waals surface area contributed by atoms with Crippen LogP contribution in [-0.2, 0) is 16.1 Å². The van der Waals surface area contributed by atoms with Crippen LogP contribution in [0.3, 0.4) is 0 Å². The van der Waals surface area contributed by atoms with Gasteiger partial charge in [0.05, 0.1) is 24.4 Å². The lowest BCUT2D eigenvalue weighted by atomic mass is 10.3. The standard InChI is InChI=1S/C20H22FN5O3/c21-15-3-5-16(6-4-15)26-19-17(2-1-7-23-19)25(20(26)28)14-18(27)22-8-9-24-10-12-29-13-11-24/h1-7H,8-14H2,(H,22,27). The molecule has 0 aliphatic carbocycles. The van der Waals surface area contributed by atoms with E-state index in [0.29, 0.717) is 36.6 Å². The van der Waals surface area contributed by atoms with Crippen LogP contribution < -0.4 is 11.0 Å². The lowest BCUT2D eigenvalue weighted by Gasteiger charge is -2.26. The molecule has 1 aromatic carbocycles. The monoisotopic (exact) mass is 399 g/mol. The average Bonchev–Trinajstić information content (AvgIpc) is 3.01. The Morgan fingerprint density at radius 3 is 2.69 bits per heavy atom. The Labute approximate surface area is 166 Å². The molecule has 4 rings (SSSR count). The number of benzene rings is 1. The van der Waals surface area contributed by atoms with Crippen molar-refractivity contribution < 1.29 is 13.9 Å². The van der Waals surface area contributed by atoms with Crippen LogP contribution in [0.1, 0.15) is 0 Å². The highest BCUT2D eigenvalue weighted by Gasteiger charge is 2.18. The van der Waals surface area contributed by atoms with Gasteiger partial charge in [0.2, 0.25) is 5.91 Å². The van der Waals surface area contributed by atoms with Crippen molar-refractivity contribution >= 4 is 17.1 Å². The van der Waals surface area contributed by atoms with Gasteiger partial charge in [-0.05, 0) is 36.4 Å². The van der Waals surface area contributed by atoms with Crippen LogP contribution in [0.15, 0.2) is 47.4 Å². The van der Waals surface area contributed by atoms with Crippen molar-refractivity contribution in [2.45, 2.75) is 6.54 Å². The molecule has 3 aromatic rings. The van der Waals surface area contributed by atoms with E-state index < -0.39 is 11.5 Å². The van der Waals surface area contributed by atoms with E-state index in [1.54, 1.807) is 18.3 Å². The first-order chi connectivity index (χ1) is 14.1. The quantitative estimate of drug-likeness (QED) is 0.662. The van der Waals surface area contributed by atoms with E-state index in [9.17, 15) is 14.0 Å². The summed E-state index contributed by atoms with van der Waals surface area (Å²) in [5, 5.41) is 2.87. The molecule has 1 N–H and O–H groups in total. The molecule has 9 heteroatoms. The van der Waals surface area contributed by atoms with E-state index in [1.165, 1.54) is 33.4 Å². The molecule has 1 amide bonds. The largest absolute Gasteiger partial charge is 0.379 e. The fourth-order valence-corrected chi connectivity index (χ4v) is 3.44. The molecule has 2 aromatic heterocycles. The maximum absolute atomic E-state index is 13.3. The highest BCUT2D eigenvalue weighted by atomic mass is 19.1. The zero-order chi connectivity index (χ0) is 20.2. The molecule has 0 spiro atoms. The second-order valence-corrected chi connectivity index (χ2v) is 6.83. The highest BCUT2D eigenvalue weighted by molar-refractivity contribution is 5.80. The number of rotatable bonds is 6. The fourth-order valence-electron chi connectivity index (χ4n) is 3.44. The van der Waals surface area contributed by atoms with Crippen molar-refractivity contribution in [3.63, 3.8) is 0 Å². The van der Waals surface area contributed by atoms with Gasteiger partial charge in [-0.25, -0.2) is 18.7 Å². The van der Waals surface area contributed by atoms with Gasteiger partial charge < -0.3 is 10.1 Å². The molecule has 8 nitrogen and oxygen atoms in total. The molecule has 29 heavy (non-hydrogen) atoms. The number of hydrogen-bond acceptors (Lipinski definition) is 5. The molecule has 0 saturated carbocycles. The van der Waals surface area contributed by atoms with Crippen molar-refractivity contribution in [3.05, 3.63) is 58.9 Å². The molecule has 152 valence electrons. The first-order valence-electron chi connectivity index (χ1n) is 9.52. The van der Waals surface area contributed by atoms with Crippen molar-refractivity contribution in [2.24, 2.45) is 0 Å². The summed E-state index contributed by atoms with van der Waals surface area (Å²) >= 11 is 0. The third-order valence-corrected chi connectivity index (χ3v) is 4.93. The molecular formula is C20H22FN5O3. The van der Waals surface area contributed by atoms with E-state index in [-0.39, 0.29) is 12.5 Å². The smallest absolute Gasteiger partial charge is 0.335 e. The number of pyridine rings is 1. The number of amides is 1. The van der Waals surface area contributed by atoms with Crippen molar-refractivity contribution in [1.82, 2.24) is 24.3 Å².